The number of para-hydroxylation sites is 2. The van der Waals surface area contributed by atoms with E-state index in [0.29, 0.717) is 18.0 Å². The predicted molar refractivity (Wildman–Crippen MR) is 91.6 cm³/mol. The zero-order valence-corrected chi connectivity index (χ0v) is 14.4. The summed E-state index contributed by atoms with van der Waals surface area (Å²) in [6, 6.07) is 6.88. The number of hydrogen-bond acceptors (Lipinski definition) is 6. The van der Waals surface area contributed by atoms with Crippen molar-refractivity contribution in [3.63, 3.8) is 0 Å². The second-order valence-corrected chi connectivity index (χ2v) is 5.44. The lowest BCUT2D eigenvalue weighted by Crippen LogP contribution is -2.40. The van der Waals surface area contributed by atoms with Crippen molar-refractivity contribution in [2.75, 3.05) is 37.7 Å². The number of rotatable bonds is 7. The number of ether oxygens (including phenoxy) is 2. The van der Waals surface area contributed by atoms with Crippen LogP contribution in [0.15, 0.2) is 24.3 Å². The average molecular weight is 363 g/mol. The summed E-state index contributed by atoms with van der Waals surface area (Å²) in [4.78, 5) is 48.3. The summed E-state index contributed by atoms with van der Waals surface area (Å²) in [5.74, 6) is -1.43. The van der Waals surface area contributed by atoms with Crippen molar-refractivity contribution in [2.45, 2.75) is 13.3 Å². The molecule has 0 unspecified atom stereocenters. The van der Waals surface area contributed by atoms with Crippen molar-refractivity contribution < 1.29 is 28.7 Å². The number of likely N-dealkylation sites (N-methyl/N-ethyl adjacent to an activating group) is 1. The van der Waals surface area contributed by atoms with Crippen molar-refractivity contribution in [3.05, 3.63) is 24.3 Å². The maximum absolute atomic E-state index is 12.2. The van der Waals surface area contributed by atoms with E-state index in [0.717, 1.165) is 0 Å². The lowest BCUT2D eigenvalue weighted by molar-refractivity contribution is -0.147. The van der Waals surface area contributed by atoms with Gasteiger partial charge < -0.3 is 20.1 Å². The maximum Gasteiger partial charge on any atom is 0.326 e. The third-order valence-electron chi connectivity index (χ3n) is 3.50. The SMILES string of the molecule is CCNC(=O)CNC(=O)COC(=O)CN1C(=O)CCOc2ccccc21. The summed E-state index contributed by atoms with van der Waals surface area (Å²) < 4.78 is 10.4. The van der Waals surface area contributed by atoms with Crippen LogP contribution in [0.3, 0.4) is 0 Å². The van der Waals surface area contributed by atoms with Gasteiger partial charge in [-0.2, -0.15) is 0 Å². The molecule has 0 aromatic heterocycles. The second kappa shape index (κ2) is 9.40. The molecular weight excluding hydrogens is 342 g/mol. The smallest absolute Gasteiger partial charge is 0.326 e. The van der Waals surface area contributed by atoms with Crippen molar-refractivity contribution in [2.24, 2.45) is 0 Å². The van der Waals surface area contributed by atoms with Gasteiger partial charge in [0.05, 0.1) is 25.3 Å². The van der Waals surface area contributed by atoms with E-state index in [2.05, 4.69) is 10.6 Å². The topological polar surface area (TPSA) is 114 Å². The first-order valence-electron chi connectivity index (χ1n) is 8.22. The lowest BCUT2D eigenvalue weighted by Gasteiger charge is -2.20. The predicted octanol–water partition coefficient (Wildman–Crippen LogP) is -0.402. The van der Waals surface area contributed by atoms with Gasteiger partial charge in [-0.25, -0.2) is 0 Å². The monoisotopic (exact) mass is 363 g/mol. The van der Waals surface area contributed by atoms with Crippen molar-refractivity contribution in [3.8, 4) is 5.75 Å². The summed E-state index contributed by atoms with van der Waals surface area (Å²) in [7, 11) is 0. The van der Waals surface area contributed by atoms with Crippen molar-refractivity contribution in [1.82, 2.24) is 10.6 Å². The Kier molecular flexibility index (Phi) is 6.95. The molecule has 0 aliphatic carbocycles. The summed E-state index contributed by atoms with van der Waals surface area (Å²) >= 11 is 0. The van der Waals surface area contributed by atoms with Gasteiger partial charge in [0.1, 0.15) is 12.3 Å². The number of fused-ring (bicyclic) bond motifs is 1. The molecule has 9 heteroatoms. The quantitative estimate of drug-likeness (QED) is 0.637. The molecule has 1 aromatic rings. The molecule has 0 spiro atoms. The molecule has 1 aromatic carbocycles. The molecule has 0 saturated carbocycles. The molecule has 1 heterocycles. The molecule has 140 valence electrons. The first kappa shape index (κ1) is 19.2. The molecule has 26 heavy (non-hydrogen) atoms. The number of anilines is 1. The van der Waals surface area contributed by atoms with Crippen LogP contribution in [-0.2, 0) is 23.9 Å². The van der Waals surface area contributed by atoms with E-state index in [1.54, 1.807) is 31.2 Å². The summed E-state index contributed by atoms with van der Waals surface area (Å²) in [5, 5.41) is 4.85. The van der Waals surface area contributed by atoms with Crippen molar-refractivity contribution in [1.29, 1.82) is 0 Å². The van der Waals surface area contributed by atoms with Crippen LogP contribution in [0.1, 0.15) is 13.3 Å². The second-order valence-electron chi connectivity index (χ2n) is 5.44. The highest BCUT2D eigenvalue weighted by molar-refractivity contribution is 5.99. The van der Waals surface area contributed by atoms with E-state index in [4.69, 9.17) is 9.47 Å². The van der Waals surface area contributed by atoms with Crippen LogP contribution in [0.5, 0.6) is 5.75 Å². The Morgan fingerprint density at radius 2 is 1.96 bits per heavy atom. The zero-order valence-electron chi connectivity index (χ0n) is 14.4. The number of nitrogens with one attached hydrogen (secondary N) is 2. The Morgan fingerprint density at radius 3 is 2.73 bits per heavy atom. The van der Waals surface area contributed by atoms with Crippen LogP contribution in [0, 0.1) is 0 Å². The van der Waals surface area contributed by atoms with Crippen molar-refractivity contribution >= 4 is 29.4 Å². The molecule has 1 aliphatic rings. The number of hydrogen-bond donors (Lipinski definition) is 2. The van der Waals surface area contributed by atoms with Gasteiger partial charge >= 0.3 is 5.97 Å². The van der Waals surface area contributed by atoms with E-state index in [9.17, 15) is 19.2 Å². The lowest BCUT2D eigenvalue weighted by atomic mass is 10.2. The molecule has 0 fully saturated rings. The molecule has 0 atom stereocenters. The number of nitrogens with zero attached hydrogens (tertiary/aromatic N) is 1. The Balaban J connectivity index is 1.86. The normalized spacial score (nSPS) is 13.1. The van der Waals surface area contributed by atoms with Crippen LogP contribution in [0.2, 0.25) is 0 Å². The van der Waals surface area contributed by atoms with E-state index >= 15 is 0 Å². The fraction of sp³-hybridized carbons (Fsp3) is 0.412. The van der Waals surface area contributed by atoms with Gasteiger partial charge in [-0.1, -0.05) is 12.1 Å². The van der Waals surface area contributed by atoms with Crippen LogP contribution in [-0.4, -0.2) is 56.5 Å². The third-order valence-corrected chi connectivity index (χ3v) is 3.50. The molecule has 0 bridgehead atoms. The van der Waals surface area contributed by atoms with Gasteiger partial charge in [-0.05, 0) is 19.1 Å². The van der Waals surface area contributed by atoms with Gasteiger partial charge in [0.2, 0.25) is 11.8 Å². The largest absolute Gasteiger partial charge is 0.491 e. The highest BCUT2D eigenvalue weighted by Crippen LogP contribution is 2.30. The highest BCUT2D eigenvalue weighted by atomic mass is 16.5. The van der Waals surface area contributed by atoms with Gasteiger partial charge in [-0.3, -0.25) is 24.1 Å². The molecule has 0 saturated heterocycles. The molecule has 9 nitrogen and oxygen atoms in total. The van der Waals surface area contributed by atoms with Crippen LogP contribution >= 0.6 is 0 Å². The zero-order chi connectivity index (χ0) is 18.9. The van der Waals surface area contributed by atoms with Crippen LogP contribution in [0.4, 0.5) is 5.69 Å². The molecule has 3 amide bonds. The molecule has 2 rings (SSSR count). The minimum atomic E-state index is -0.733. The van der Waals surface area contributed by atoms with E-state index in [-0.39, 0.29) is 37.9 Å². The van der Waals surface area contributed by atoms with E-state index in [1.807, 2.05) is 0 Å². The summed E-state index contributed by atoms with van der Waals surface area (Å²) in [5.41, 5.74) is 0.479. The molecule has 0 radical (unpaired) electrons. The van der Waals surface area contributed by atoms with Crippen LogP contribution in [0.25, 0.3) is 0 Å². The first-order valence-corrected chi connectivity index (χ1v) is 8.22. The number of carbonyl (C=O) groups is 4. The van der Waals surface area contributed by atoms with Crippen LogP contribution < -0.4 is 20.3 Å². The Labute approximate surface area is 150 Å². The molecular formula is C17H21N3O6. The van der Waals surface area contributed by atoms with Gasteiger partial charge in [-0.15, -0.1) is 0 Å². The fourth-order valence-corrected chi connectivity index (χ4v) is 2.30. The average Bonchev–Trinajstić information content (AvgIpc) is 2.78. The molecule has 1 aliphatic heterocycles. The fourth-order valence-electron chi connectivity index (χ4n) is 2.30. The summed E-state index contributed by atoms with van der Waals surface area (Å²) in [6.07, 6.45) is 0.134. The van der Waals surface area contributed by atoms with Gasteiger partial charge in [0.15, 0.2) is 6.61 Å². The number of amides is 3. The minimum Gasteiger partial charge on any atom is -0.491 e. The van der Waals surface area contributed by atoms with Gasteiger partial charge in [0.25, 0.3) is 5.91 Å². The molecule has 2 N–H and O–H groups in total. The number of benzene rings is 1. The third kappa shape index (κ3) is 5.47. The van der Waals surface area contributed by atoms with E-state index < -0.39 is 18.5 Å². The standard InChI is InChI=1S/C17H21N3O6/c1-2-18-14(21)9-19-15(22)11-26-17(24)10-20-12-5-3-4-6-13(12)25-8-7-16(20)23/h3-6H,2,7-11H2,1H3,(H,18,21)(H,19,22). The van der Waals surface area contributed by atoms with E-state index in [1.165, 1.54) is 4.90 Å². The number of carbonyl (C=O) groups excluding carboxylic acids is 4. The first-order chi connectivity index (χ1) is 12.5. The maximum atomic E-state index is 12.2. The minimum absolute atomic E-state index is 0.134. The van der Waals surface area contributed by atoms with Gasteiger partial charge in [0, 0.05) is 6.54 Å². The summed E-state index contributed by atoms with van der Waals surface area (Å²) in [6.45, 7) is 1.39. The Bertz CT molecular complexity index is 691. The highest BCUT2D eigenvalue weighted by Gasteiger charge is 2.25. The number of esters is 1. The Morgan fingerprint density at radius 1 is 1.19 bits per heavy atom. The Hall–Kier alpha value is -3.10.